The Bertz CT molecular complexity index is 617. The molecule has 0 radical (unpaired) electrons. The van der Waals surface area contributed by atoms with Crippen LogP contribution in [0.1, 0.15) is 13.3 Å². The van der Waals surface area contributed by atoms with Gasteiger partial charge in [0, 0.05) is 4.90 Å². The van der Waals surface area contributed by atoms with Crippen LogP contribution in [0, 0.1) is 0 Å². The summed E-state index contributed by atoms with van der Waals surface area (Å²) < 4.78 is 0. The summed E-state index contributed by atoms with van der Waals surface area (Å²) in [4.78, 5) is 15.9. The Balaban J connectivity index is 2.15. The van der Waals surface area contributed by atoms with Gasteiger partial charge in [0.15, 0.2) is 0 Å². The lowest BCUT2D eigenvalue weighted by Gasteiger charge is -2.05. The predicted octanol–water partition coefficient (Wildman–Crippen LogP) is 3.83. The van der Waals surface area contributed by atoms with Crippen LogP contribution in [-0.4, -0.2) is 22.7 Å². The third-order valence-electron chi connectivity index (χ3n) is 2.67. The fourth-order valence-electron chi connectivity index (χ4n) is 1.79. The smallest absolute Gasteiger partial charge is 0.305 e. The zero-order valence-electron chi connectivity index (χ0n) is 10.7. The minimum atomic E-state index is -0.813. The highest BCUT2D eigenvalue weighted by atomic mass is 32.2. The van der Waals surface area contributed by atoms with E-state index in [1.807, 2.05) is 25.1 Å². The summed E-state index contributed by atoms with van der Waals surface area (Å²) >= 11 is 1.58. The Hall–Kier alpha value is -1.81. The van der Waals surface area contributed by atoms with E-state index in [0.29, 0.717) is 6.54 Å². The van der Waals surface area contributed by atoms with Gasteiger partial charge in [-0.25, -0.2) is 0 Å². The zero-order valence-corrected chi connectivity index (χ0v) is 11.5. The minimum Gasteiger partial charge on any atom is -0.481 e. The van der Waals surface area contributed by atoms with Crippen LogP contribution in [0.25, 0.3) is 10.8 Å². The lowest BCUT2D eigenvalue weighted by Crippen LogP contribution is -1.98. The normalized spacial score (nSPS) is 11.7. The summed E-state index contributed by atoms with van der Waals surface area (Å²) in [6, 6.07) is 14.4. The van der Waals surface area contributed by atoms with E-state index in [0.717, 1.165) is 9.94 Å². The quantitative estimate of drug-likeness (QED) is 0.523. The highest BCUT2D eigenvalue weighted by Crippen LogP contribution is 2.28. The maximum Gasteiger partial charge on any atom is 0.305 e. The highest BCUT2D eigenvalue weighted by Gasteiger charge is 2.03. The highest BCUT2D eigenvalue weighted by molar-refractivity contribution is 8.14. The average molecular weight is 273 g/mol. The van der Waals surface area contributed by atoms with Crippen molar-refractivity contribution in [2.24, 2.45) is 4.99 Å². The number of aliphatic carboxylic acids is 1. The first kappa shape index (κ1) is 13.6. The molecule has 1 N–H and O–H groups in total. The van der Waals surface area contributed by atoms with Crippen molar-refractivity contribution < 1.29 is 9.90 Å². The first-order chi connectivity index (χ1) is 9.16. The van der Waals surface area contributed by atoms with Crippen LogP contribution in [0.3, 0.4) is 0 Å². The lowest BCUT2D eigenvalue weighted by atomic mass is 10.1. The third kappa shape index (κ3) is 3.83. The first-order valence-corrected chi connectivity index (χ1v) is 6.87. The fourth-order valence-corrected chi connectivity index (χ4v) is 2.70. The summed E-state index contributed by atoms with van der Waals surface area (Å²) in [7, 11) is 0. The summed E-state index contributed by atoms with van der Waals surface area (Å²) in [5.74, 6) is -0.813. The predicted molar refractivity (Wildman–Crippen MR) is 80.0 cm³/mol. The van der Waals surface area contributed by atoms with Crippen LogP contribution >= 0.6 is 11.8 Å². The molecule has 0 bridgehead atoms. The van der Waals surface area contributed by atoms with Crippen molar-refractivity contribution in [3.05, 3.63) is 42.5 Å². The number of carboxylic acids is 1. The molecule has 2 aromatic carbocycles. The van der Waals surface area contributed by atoms with E-state index in [-0.39, 0.29) is 6.42 Å². The Morgan fingerprint density at radius 3 is 2.74 bits per heavy atom. The number of carbonyl (C=O) groups is 1. The van der Waals surface area contributed by atoms with Crippen molar-refractivity contribution in [2.45, 2.75) is 18.2 Å². The summed E-state index contributed by atoms with van der Waals surface area (Å²) in [5, 5.41) is 11.9. The number of hydrogen-bond acceptors (Lipinski definition) is 3. The van der Waals surface area contributed by atoms with Gasteiger partial charge < -0.3 is 5.11 Å². The van der Waals surface area contributed by atoms with Gasteiger partial charge in [-0.1, -0.05) is 48.2 Å². The zero-order chi connectivity index (χ0) is 13.7. The maximum absolute atomic E-state index is 10.4. The molecule has 2 rings (SSSR count). The van der Waals surface area contributed by atoms with Gasteiger partial charge in [-0.2, -0.15) is 0 Å². The molecule has 0 atom stereocenters. The molecule has 0 unspecified atom stereocenters. The van der Waals surface area contributed by atoms with Gasteiger partial charge in [-0.05, 0) is 23.8 Å². The Morgan fingerprint density at radius 1 is 1.21 bits per heavy atom. The monoisotopic (exact) mass is 273 g/mol. The van der Waals surface area contributed by atoms with E-state index in [9.17, 15) is 4.79 Å². The molecule has 0 amide bonds. The van der Waals surface area contributed by atoms with Crippen molar-refractivity contribution in [2.75, 3.05) is 6.54 Å². The van der Waals surface area contributed by atoms with Crippen molar-refractivity contribution in [1.82, 2.24) is 0 Å². The van der Waals surface area contributed by atoms with E-state index >= 15 is 0 Å². The first-order valence-electron chi connectivity index (χ1n) is 6.05. The van der Waals surface area contributed by atoms with Crippen LogP contribution in [0.4, 0.5) is 0 Å². The molecule has 0 aliphatic rings. The van der Waals surface area contributed by atoms with Crippen molar-refractivity contribution in [1.29, 1.82) is 0 Å². The van der Waals surface area contributed by atoms with Crippen molar-refractivity contribution in [3.8, 4) is 0 Å². The third-order valence-corrected chi connectivity index (χ3v) is 3.67. The van der Waals surface area contributed by atoms with Crippen LogP contribution in [0.15, 0.2) is 52.4 Å². The van der Waals surface area contributed by atoms with Gasteiger partial charge in [0.05, 0.1) is 18.0 Å². The Kier molecular flexibility index (Phi) is 4.58. The number of carboxylic acid groups (broad SMARTS) is 1. The van der Waals surface area contributed by atoms with Crippen molar-refractivity contribution >= 4 is 33.5 Å². The molecule has 0 aliphatic heterocycles. The van der Waals surface area contributed by atoms with Crippen LogP contribution in [0.5, 0.6) is 0 Å². The number of aliphatic imine (C=N–C) groups is 1. The maximum atomic E-state index is 10.4. The molecule has 0 spiro atoms. The minimum absolute atomic E-state index is 0.0768. The van der Waals surface area contributed by atoms with E-state index in [1.165, 1.54) is 10.8 Å². The molecule has 98 valence electrons. The second-order valence-corrected chi connectivity index (χ2v) is 5.36. The molecule has 0 heterocycles. The molecule has 0 fully saturated rings. The van der Waals surface area contributed by atoms with E-state index in [1.54, 1.807) is 11.8 Å². The second kappa shape index (κ2) is 6.38. The topological polar surface area (TPSA) is 49.7 Å². The number of benzene rings is 2. The van der Waals surface area contributed by atoms with Crippen LogP contribution < -0.4 is 0 Å². The SMILES string of the molecule is C/C(=N\CCC(=O)O)Sc1cccc2ccccc12. The average Bonchev–Trinajstić information content (AvgIpc) is 2.39. The van der Waals surface area contributed by atoms with Gasteiger partial charge >= 0.3 is 5.97 Å². The number of nitrogens with zero attached hydrogens (tertiary/aromatic N) is 1. The van der Waals surface area contributed by atoms with Gasteiger partial charge in [-0.3, -0.25) is 9.79 Å². The standard InChI is InChI=1S/C15H15NO2S/c1-11(16-10-9-15(17)18)19-14-8-4-6-12-5-2-3-7-13(12)14/h2-8H,9-10H2,1H3,(H,17,18)/b16-11+. The molecule has 0 aliphatic carbocycles. The van der Waals surface area contributed by atoms with E-state index in [4.69, 9.17) is 5.11 Å². The second-order valence-electron chi connectivity index (χ2n) is 4.12. The molecule has 19 heavy (non-hydrogen) atoms. The van der Waals surface area contributed by atoms with Crippen molar-refractivity contribution in [3.63, 3.8) is 0 Å². The van der Waals surface area contributed by atoms with Gasteiger partial charge in [0.1, 0.15) is 0 Å². The molecule has 0 saturated carbocycles. The molecule has 3 nitrogen and oxygen atoms in total. The summed E-state index contributed by atoms with van der Waals surface area (Å²) in [5.41, 5.74) is 0. The molecule has 0 aromatic heterocycles. The Labute approximate surface area is 116 Å². The van der Waals surface area contributed by atoms with Crippen LogP contribution in [-0.2, 0) is 4.79 Å². The number of fused-ring (bicyclic) bond motifs is 1. The van der Waals surface area contributed by atoms with Crippen LogP contribution in [0.2, 0.25) is 0 Å². The van der Waals surface area contributed by atoms with Gasteiger partial charge in [0.25, 0.3) is 0 Å². The lowest BCUT2D eigenvalue weighted by molar-refractivity contribution is -0.136. The number of thioether (sulfide) groups is 1. The van der Waals surface area contributed by atoms with E-state index < -0.39 is 5.97 Å². The fraction of sp³-hybridized carbons (Fsp3) is 0.200. The molecular weight excluding hydrogens is 258 g/mol. The molecule has 2 aromatic rings. The molecule has 0 saturated heterocycles. The summed E-state index contributed by atoms with van der Waals surface area (Å²) in [6.45, 7) is 2.24. The van der Waals surface area contributed by atoms with Gasteiger partial charge in [-0.15, -0.1) is 0 Å². The van der Waals surface area contributed by atoms with E-state index in [2.05, 4.69) is 29.3 Å². The molecular formula is C15H15NO2S. The molecule has 4 heteroatoms. The van der Waals surface area contributed by atoms with Gasteiger partial charge in [0.2, 0.25) is 0 Å². The Morgan fingerprint density at radius 2 is 1.95 bits per heavy atom. The number of rotatable bonds is 4. The summed E-state index contributed by atoms with van der Waals surface area (Å²) in [6.07, 6.45) is 0.0768. The largest absolute Gasteiger partial charge is 0.481 e. The number of hydrogen-bond donors (Lipinski definition) is 1.